The molecule has 0 amide bonds. The summed E-state index contributed by atoms with van der Waals surface area (Å²) in [7, 11) is 3.67. The zero-order chi connectivity index (χ0) is 24.7. The van der Waals surface area contributed by atoms with E-state index in [9.17, 15) is 13.6 Å². The fourth-order valence-electron chi connectivity index (χ4n) is 4.33. The van der Waals surface area contributed by atoms with Crippen molar-refractivity contribution in [1.29, 1.82) is 0 Å². The average molecular weight is 506 g/mol. The van der Waals surface area contributed by atoms with E-state index in [-0.39, 0.29) is 11.4 Å². The molecule has 2 aromatic heterocycles. The van der Waals surface area contributed by atoms with Crippen LogP contribution in [-0.2, 0) is 7.05 Å². The Morgan fingerprint density at radius 3 is 2.86 bits per heavy atom. The number of benzene rings is 1. The van der Waals surface area contributed by atoms with Crippen LogP contribution in [0.15, 0.2) is 29.2 Å². The van der Waals surface area contributed by atoms with Crippen molar-refractivity contribution in [1.82, 2.24) is 19.4 Å². The Balaban J connectivity index is 1.50. The average Bonchev–Trinajstić information content (AvgIpc) is 3.14. The second kappa shape index (κ2) is 9.12. The molecule has 0 atom stereocenters. The number of fused-ring (bicyclic) bond motifs is 3. The number of aryl methyl sites for hydroxylation is 1. The molecule has 0 radical (unpaired) electrons. The molecule has 1 saturated heterocycles. The summed E-state index contributed by atoms with van der Waals surface area (Å²) in [4.78, 5) is 26.2. The van der Waals surface area contributed by atoms with Crippen molar-refractivity contribution in [3.05, 3.63) is 39.8 Å². The van der Waals surface area contributed by atoms with Gasteiger partial charge in [0.05, 0.1) is 23.9 Å². The Morgan fingerprint density at radius 2 is 2.03 bits per heavy atom. The van der Waals surface area contributed by atoms with Gasteiger partial charge in [0, 0.05) is 37.8 Å². The molecule has 1 fully saturated rings. The number of anilines is 4. The molecule has 4 heterocycles. The molecule has 2 N–H and O–H groups in total. The van der Waals surface area contributed by atoms with E-state index in [4.69, 9.17) is 16.3 Å². The van der Waals surface area contributed by atoms with Crippen molar-refractivity contribution < 1.29 is 13.5 Å². The molecule has 0 unspecified atom stereocenters. The van der Waals surface area contributed by atoms with Gasteiger partial charge in [0.15, 0.2) is 12.4 Å². The first kappa shape index (κ1) is 23.6. The highest BCUT2D eigenvalue weighted by molar-refractivity contribution is 6.32. The molecule has 9 nitrogen and oxygen atoms in total. The minimum Gasteiger partial charge on any atom is -0.480 e. The van der Waals surface area contributed by atoms with Crippen molar-refractivity contribution >= 4 is 45.6 Å². The van der Waals surface area contributed by atoms with Gasteiger partial charge < -0.3 is 29.7 Å². The number of aromatic nitrogens is 3. The standard InChI is InChI=1S/C23H26ClF2N7O2/c1-31-6-3-7-33(9-8-31)22-27-11-16(24)20(30-22)29-14-4-5-17-15(10-14)18-19(21(34)32(17)2)35-13-23(25,26)12-28-18/h4-5,10-11,28H,3,6-9,12-13H2,1-2H3,(H,27,29,30). The lowest BCUT2D eigenvalue weighted by Crippen LogP contribution is -2.31. The van der Waals surface area contributed by atoms with Crippen LogP contribution in [0.25, 0.3) is 10.9 Å². The molecule has 2 aliphatic rings. The largest absolute Gasteiger partial charge is 0.480 e. The van der Waals surface area contributed by atoms with Crippen LogP contribution in [-0.4, -0.2) is 71.7 Å². The number of halogens is 3. The van der Waals surface area contributed by atoms with Gasteiger partial charge >= 0.3 is 0 Å². The Bertz CT molecular complexity index is 1330. The van der Waals surface area contributed by atoms with Crippen LogP contribution in [0.3, 0.4) is 0 Å². The minimum atomic E-state index is -3.10. The third kappa shape index (κ3) is 4.70. The monoisotopic (exact) mass is 505 g/mol. The molecule has 0 spiro atoms. The Kier molecular flexibility index (Phi) is 6.14. The first-order chi connectivity index (χ1) is 16.7. The summed E-state index contributed by atoms with van der Waals surface area (Å²) in [5.41, 5.74) is 0.958. The molecular weight excluding hydrogens is 480 g/mol. The highest BCUT2D eigenvalue weighted by atomic mass is 35.5. The van der Waals surface area contributed by atoms with Crippen LogP contribution < -0.4 is 25.8 Å². The summed E-state index contributed by atoms with van der Waals surface area (Å²) >= 11 is 6.40. The molecule has 0 bridgehead atoms. The van der Waals surface area contributed by atoms with Crippen molar-refractivity contribution in [2.75, 3.05) is 61.9 Å². The molecule has 5 rings (SSSR count). The van der Waals surface area contributed by atoms with E-state index in [0.717, 1.165) is 32.6 Å². The number of pyridine rings is 1. The number of alkyl halides is 2. The van der Waals surface area contributed by atoms with Gasteiger partial charge in [0.2, 0.25) is 11.7 Å². The van der Waals surface area contributed by atoms with Crippen LogP contribution >= 0.6 is 11.6 Å². The lowest BCUT2D eigenvalue weighted by molar-refractivity contribution is -0.0251. The summed E-state index contributed by atoms with van der Waals surface area (Å²) in [6.45, 7) is 2.09. The maximum atomic E-state index is 14.0. The number of hydrogen-bond donors (Lipinski definition) is 2. The van der Waals surface area contributed by atoms with Crippen molar-refractivity contribution in [2.45, 2.75) is 12.3 Å². The lowest BCUT2D eigenvalue weighted by atomic mass is 10.1. The van der Waals surface area contributed by atoms with E-state index in [1.165, 1.54) is 4.57 Å². The van der Waals surface area contributed by atoms with E-state index >= 15 is 0 Å². The third-order valence-corrected chi connectivity index (χ3v) is 6.58. The van der Waals surface area contributed by atoms with E-state index in [0.29, 0.717) is 33.4 Å². The molecule has 12 heteroatoms. The fourth-order valence-corrected chi connectivity index (χ4v) is 4.47. The highest BCUT2D eigenvalue weighted by Gasteiger charge is 2.35. The van der Waals surface area contributed by atoms with Crippen molar-refractivity contribution in [3.63, 3.8) is 0 Å². The third-order valence-electron chi connectivity index (χ3n) is 6.30. The minimum absolute atomic E-state index is 0.122. The lowest BCUT2D eigenvalue weighted by Gasteiger charge is -2.21. The van der Waals surface area contributed by atoms with Crippen molar-refractivity contribution in [2.24, 2.45) is 7.05 Å². The SMILES string of the molecule is CN1CCCN(c2ncc(Cl)c(Nc3ccc4c(c3)c3c(c(=O)n4C)OCC(F)(F)CN3)n2)CC1. The van der Waals surface area contributed by atoms with Gasteiger partial charge in [0.1, 0.15) is 5.02 Å². The second-order valence-corrected chi connectivity index (χ2v) is 9.34. The van der Waals surface area contributed by atoms with E-state index < -0.39 is 24.6 Å². The Labute approximate surface area is 205 Å². The zero-order valence-corrected chi connectivity index (χ0v) is 20.2. The maximum Gasteiger partial charge on any atom is 0.298 e. The van der Waals surface area contributed by atoms with Gasteiger partial charge in [0.25, 0.3) is 11.5 Å². The molecule has 0 aliphatic carbocycles. The van der Waals surface area contributed by atoms with E-state index in [1.54, 1.807) is 31.4 Å². The van der Waals surface area contributed by atoms with Crippen LogP contribution in [0.4, 0.5) is 31.9 Å². The maximum absolute atomic E-state index is 14.0. The molecule has 0 saturated carbocycles. The fraction of sp³-hybridized carbons (Fsp3) is 0.435. The van der Waals surface area contributed by atoms with E-state index in [2.05, 4.69) is 37.4 Å². The van der Waals surface area contributed by atoms with Crippen molar-refractivity contribution in [3.8, 4) is 5.75 Å². The predicted molar refractivity (Wildman–Crippen MR) is 133 cm³/mol. The van der Waals surface area contributed by atoms with Crippen LogP contribution in [0.2, 0.25) is 5.02 Å². The topological polar surface area (TPSA) is 87.5 Å². The summed E-state index contributed by atoms with van der Waals surface area (Å²) in [6, 6.07) is 5.27. The summed E-state index contributed by atoms with van der Waals surface area (Å²) in [5, 5.41) is 6.84. The summed E-state index contributed by atoms with van der Waals surface area (Å²) < 4.78 is 34.6. The molecule has 35 heavy (non-hydrogen) atoms. The summed E-state index contributed by atoms with van der Waals surface area (Å²) in [6.07, 6.45) is 2.57. The van der Waals surface area contributed by atoms with Gasteiger partial charge in [-0.1, -0.05) is 11.6 Å². The van der Waals surface area contributed by atoms with Crippen LogP contribution in [0.1, 0.15) is 6.42 Å². The van der Waals surface area contributed by atoms with Gasteiger partial charge in [-0.05, 0) is 38.2 Å². The normalized spacial score (nSPS) is 18.3. The second-order valence-electron chi connectivity index (χ2n) is 8.93. The molecule has 3 aromatic rings. The first-order valence-electron chi connectivity index (χ1n) is 11.4. The van der Waals surface area contributed by atoms with Gasteiger partial charge in [-0.15, -0.1) is 0 Å². The van der Waals surface area contributed by atoms with Gasteiger partial charge in [-0.3, -0.25) is 4.79 Å². The Morgan fingerprint density at radius 1 is 1.20 bits per heavy atom. The number of hydrogen-bond acceptors (Lipinski definition) is 8. The van der Waals surface area contributed by atoms with Crippen LogP contribution in [0, 0.1) is 0 Å². The molecule has 186 valence electrons. The smallest absolute Gasteiger partial charge is 0.298 e. The summed E-state index contributed by atoms with van der Waals surface area (Å²) in [5.74, 6) is -2.20. The van der Waals surface area contributed by atoms with Crippen LogP contribution in [0.5, 0.6) is 5.75 Å². The number of ether oxygens (including phenoxy) is 1. The number of nitrogens with one attached hydrogen (secondary N) is 2. The number of nitrogens with zero attached hydrogens (tertiary/aromatic N) is 5. The number of likely N-dealkylation sites (N-methyl/N-ethyl adjacent to an activating group) is 1. The Hall–Kier alpha value is -3.18. The van der Waals surface area contributed by atoms with E-state index in [1.807, 2.05) is 0 Å². The molecular formula is C23H26ClF2N7O2. The molecule has 2 aliphatic heterocycles. The number of rotatable bonds is 3. The first-order valence-corrected chi connectivity index (χ1v) is 11.7. The van der Waals surface area contributed by atoms with Gasteiger partial charge in [-0.25, -0.2) is 13.8 Å². The highest BCUT2D eigenvalue weighted by Crippen LogP contribution is 2.36. The quantitative estimate of drug-likeness (QED) is 0.560. The molecule has 1 aromatic carbocycles. The zero-order valence-electron chi connectivity index (χ0n) is 19.4. The predicted octanol–water partition coefficient (Wildman–Crippen LogP) is 3.31. The van der Waals surface area contributed by atoms with Gasteiger partial charge in [-0.2, -0.15) is 4.98 Å².